The molecule has 2 unspecified atom stereocenters. The van der Waals surface area contributed by atoms with E-state index >= 15 is 0 Å². The molecule has 6 heteroatoms. The second-order valence-corrected chi connectivity index (χ2v) is 5.11. The van der Waals surface area contributed by atoms with E-state index in [0.717, 1.165) is 0 Å². The number of quaternary nitrogens is 1. The fraction of sp³-hybridized carbons (Fsp3) is 0.636. The molecule has 94 valence electrons. The highest BCUT2D eigenvalue weighted by Crippen LogP contribution is 2.26. The van der Waals surface area contributed by atoms with Crippen LogP contribution in [0.5, 0.6) is 0 Å². The molecular formula is C11H17N3O3. The number of allylic oxidation sites excluding steroid dienone is 2. The highest BCUT2D eigenvalue weighted by atomic mass is 16.5. The number of carboxylic acids is 1. The number of hydrogen-bond acceptors (Lipinski definition) is 4. The molecule has 0 aromatic heterocycles. The summed E-state index contributed by atoms with van der Waals surface area (Å²) < 4.78 is 0. The standard InChI is InChI=1S/C11H17N3O3/c1-11(2,3)10-7(6-12)14(17)8(13-10)4-5-9(15)16/h8,13-14H,4-5H2,1-3H3,(H,15,16). The average molecular weight is 239 g/mol. The van der Waals surface area contributed by atoms with Crippen molar-refractivity contribution >= 4 is 5.97 Å². The molecule has 0 aliphatic carbocycles. The molecule has 0 radical (unpaired) electrons. The van der Waals surface area contributed by atoms with Crippen molar-refractivity contribution in [2.24, 2.45) is 5.41 Å². The zero-order valence-electron chi connectivity index (χ0n) is 10.2. The summed E-state index contributed by atoms with van der Waals surface area (Å²) in [5, 5.41) is 32.1. The number of aliphatic carboxylic acids is 1. The van der Waals surface area contributed by atoms with Crippen LogP contribution < -0.4 is 10.4 Å². The van der Waals surface area contributed by atoms with Gasteiger partial charge >= 0.3 is 5.97 Å². The lowest BCUT2D eigenvalue weighted by atomic mass is 9.91. The number of carbonyl (C=O) groups is 1. The minimum absolute atomic E-state index is 0.0838. The second kappa shape index (κ2) is 4.73. The van der Waals surface area contributed by atoms with Gasteiger partial charge in [-0.05, 0) is 0 Å². The Kier molecular flexibility index (Phi) is 3.76. The Hall–Kier alpha value is -1.58. The number of hydrogen-bond donors (Lipinski definition) is 3. The fourth-order valence-electron chi connectivity index (χ4n) is 1.78. The maximum atomic E-state index is 11.9. The molecule has 1 rings (SSSR count). The second-order valence-electron chi connectivity index (χ2n) is 5.11. The number of rotatable bonds is 3. The van der Waals surface area contributed by atoms with Crippen molar-refractivity contribution < 1.29 is 15.0 Å². The summed E-state index contributed by atoms with van der Waals surface area (Å²) in [4.78, 5) is 10.5. The molecule has 0 aromatic rings. The largest absolute Gasteiger partial charge is 0.627 e. The molecule has 3 N–H and O–H groups in total. The van der Waals surface area contributed by atoms with E-state index in [2.05, 4.69) is 5.32 Å². The van der Waals surface area contributed by atoms with Gasteiger partial charge in [0.05, 0.1) is 12.1 Å². The van der Waals surface area contributed by atoms with E-state index < -0.39 is 12.1 Å². The van der Waals surface area contributed by atoms with Crippen LogP contribution in [0.15, 0.2) is 11.4 Å². The van der Waals surface area contributed by atoms with Gasteiger partial charge in [-0.3, -0.25) is 4.79 Å². The Bertz CT molecular complexity index is 390. The summed E-state index contributed by atoms with van der Waals surface area (Å²) in [5.74, 6) is -0.942. The quantitative estimate of drug-likeness (QED) is 0.599. The number of hydroxylamine groups is 2. The lowest BCUT2D eigenvalue weighted by molar-refractivity contribution is -0.827. The molecule has 0 saturated carbocycles. The zero-order chi connectivity index (χ0) is 13.2. The van der Waals surface area contributed by atoms with Gasteiger partial charge in [-0.1, -0.05) is 20.8 Å². The molecule has 17 heavy (non-hydrogen) atoms. The SMILES string of the molecule is CC(C)(C)C1=C(C#N)[NH+]([O-])C(CCC(=O)O)N1. The molecule has 0 spiro atoms. The van der Waals surface area contributed by atoms with E-state index in [-0.39, 0.29) is 29.0 Å². The van der Waals surface area contributed by atoms with Crippen molar-refractivity contribution in [2.45, 2.75) is 39.8 Å². The first kappa shape index (κ1) is 13.5. The summed E-state index contributed by atoms with van der Waals surface area (Å²) in [7, 11) is 0. The van der Waals surface area contributed by atoms with Gasteiger partial charge in [-0.25, -0.2) is 0 Å². The normalized spacial score (nSPS) is 24.4. The van der Waals surface area contributed by atoms with Crippen molar-refractivity contribution in [3.63, 3.8) is 0 Å². The van der Waals surface area contributed by atoms with Crippen LogP contribution in [-0.2, 0) is 4.79 Å². The molecule has 6 nitrogen and oxygen atoms in total. The third-order valence-corrected chi connectivity index (χ3v) is 2.64. The van der Waals surface area contributed by atoms with Crippen LogP contribution in [0.25, 0.3) is 0 Å². The van der Waals surface area contributed by atoms with E-state index in [4.69, 9.17) is 10.4 Å². The van der Waals surface area contributed by atoms with Crippen molar-refractivity contribution in [1.29, 1.82) is 5.26 Å². The molecule has 1 aliphatic heterocycles. The van der Waals surface area contributed by atoms with Crippen LogP contribution in [-0.4, -0.2) is 17.2 Å². The summed E-state index contributed by atoms with van der Waals surface area (Å²) in [6, 6.07) is 1.91. The van der Waals surface area contributed by atoms with E-state index in [1.807, 2.05) is 26.8 Å². The highest BCUT2D eigenvalue weighted by molar-refractivity contribution is 5.66. The van der Waals surface area contributed by atoms with Crippen molar-refractivity contribution in [3.05, 3.63) is 16.6 Å². The minimum atomic E-state index is -0.942. The average Bonchev–Trinajstić information content (AvgIpc) is 2.51. The molecule has 0 amide bonds. The van der Waals surface area contributed by atoms with Crippen LogP contribution >= 0.6 is 0 Å². The topological polar surface area (TPSA) is 101 Å². The maximum Gasteiger partial charge on any atom is 0.303 e. The van der Waals surface area contributed by atoms with E-state index in [0.29, 0.717) is 5.70 Å². The number of nitrogens with one attached hydrogen (secondary N) is 2. The van der Waals surface area contributed by atoms with Crippen molar-refractivity contribution in [3.8, 4) is 6.07 Å². The third-order valence-electron chi connectivity index (χ3n) is 2.64. The molecule has 0 aromatic carbocycles. The van der Waals surface area contributed by atoms with Crippen molar-refractivity contribution in [1.82, 2.24) is 5.32 Å². The Morgan fingerprint density at radius 3 is 2.59 bits per heavy atom. The minimum Gasteiger partial charge on any atom is -0.627 e. The molecule has 2 atom stereocenters. The van der Waals surface area contributed by atoms with E-state index in [1.54, 1.807) is 0 Å². The van der Waals surface area contributed by atoms with Gasteiger partial charge in [0.2, 0.25) is 5.70 Å². The Morgan fingerprint density at radius 2 is 2.24 bits per heavy atom. The lowest BCUT2D eigenvalue weighted by Crippen LogP contribution is -3.09. The highest BCUT2D eigenvalue weighted by Gasteiger charge is 2.37. The summed E-state index contributed by atoms with van der Waals surface area (Å²) >= 11 is 0. The molecule has 0 bridgehead atoms. The number of carboxylic acid groups (broad SMARTS) is 1. The van der Waals surface area contributed by atoms with Gasteiger partial charge in [-0.15, -0.1) is 0 Å². The zero-order valence-corrected chi connectivity index (χ0v) is 10.2. The molecule has 1 heterocycles. The lowest BCUT2D eigenvalue weighted by Gasteiger charge is -2.23. The number of nitrogens with zero attached hydrogens (tertiary/aromatic N) is 1. The first-order chi connectivity index (χ1) is 7.77. The molecule has 0 saturated heterocycles. The smallest absolute Gasteiger partial charge is 0.303 e. The van der Waals surface area contributed by atoms with Crippen molar-refractivity contribution in [2.75, 3.05) is 0 Å². The summed E-state index contributed by atoms with van der Waals surface area (Å²) in [6.07, 6.45) is -0.451. The van der Waals surface area contributed by atoms with E-state index in [9.17, 15) is 10.0 Å². The van der Waals surface area contributed by atoms with Crippen LogP contribution in [0.2, 0.25) is 0 Å². The van der Waals surface area contributed by atoms with Crippen LogP contribution in [0, 0.1) is 22.0 Å². The van der Waals surface area contributed by atoms with Gasteiger partial charge in [0.1, 0.15) is 0 Å². The van der Waals surface area contributed by atoms with Gasteiger partial charge in [0, 0.05) is 11.8 Å². The molecule has 0 fully saturated rings. The number of nitriles is 1. The fourth-order valence-corrected chi connectivity index (χ4v) is 1.78. The van der Waals surface area contributed by atoms with Gasteiger partial charge in [0.15, 0.2) is 12.2 Å². The van der Waals surface area contributed by atoms with Crippen LogP contribution in [0.4, 0.5) is 0 Å². The summed E-state index contributed by atoms with van der Waals surface area (Å²) in [6.45, 7) is 5.71. The van der Waals surface area contributed by atoms with Crippen LogP contribution in [0.3, 0.4) is 0 Å². The monoisotopic (exact) mass is 239 g/mol. The Balaban J connectivity index is 2.83. The van der Waals surface area contributed by atoms with Gasteiger partial charge in [0.25, 0.3) is 0 Å². The van der Waals surface area contributed by atoms with Gasteiger partial charge < -0.3 is 20.7 Å². The predicted octanol–water partition coefficient (Wildman–Crippen LogP) is -0.0555. The van der Waals surface area contributed by atoms with E-state index in [1.165, 1.54) is 0 Å². The van der Waals surface area contributed by atoms with Crippen LogP contribution in [0.1, 0.15) is 33.6 Å². The predicted molar refractivity (Wildman–Crippen MR) is 60.2 cm³/mol. The maximum absolute atomic E-state index is 11.9. The first-order valence-electron chi connectivity index (χ1n) is 5.44. The Morgan fingerprint density at radius 1 is 1.65 bits per heavy atom. The molecule has 1 aliphatic rings. The molecular weight excluding hydrogens is 222 g/mol. The Labute approximate surface area is 100 Å². The first-order valence-corrected chi connectivity index (χ1v) is 5.44. The van der Waals surface area contributed by atoms with Gasteiger partial charge in [-0.2, -0.15) is 5.26 Å². The summed E-state index contributed by atoms with van der Waals surface area (Å²) in [5.41, 5.74) is 0.423. The third kappa shape index (κ3) is 2.96.